The van der Waals surface area contributed by atoms with Gasteiger partial charge in [0.2, 0.25) is 0 Å². The van der Waals surface area contributed by atoms with Crippen LogP contribution >= 0.6 is 32.1 Å². The molecule has 1 nitrogen and oxygen atoms in total. The molecule has 0 fully saturated rings. The monoisotopic (exact) mass is 387 g/mol. The summed E-state index contributed by atoms with van der Waals surface area (Å²) in [6.45, 7) is 0. The van der Waals surface area contributed by atoms with Crippen LogP contribution in [0.3, 0.4) is 0 Å². The standard InChI is InChI=1S/C17H10INS/c1-3-7-13-11(6-1)16-14(19-13)9-12-10-5-2-4-8-15(10)20-17(12)18-16/h1-9,19H. The molecule has 4 aromatic rings. The Kier molecular flexibility index (Phi) is 2.26. The fraction of sp³-hybridized carbons (Fsp3) is 0. The summed E-state index contributed by atoms with van der Waals surface area (Å²) < 4.78 is 4.57. The Labute approximate surface area is 129 Å². The number of aromatic nitrogens is 1. The first-order valence-corrected chi connectivity index (χ1v) is 9.49. The number of halogens is 1. The summed E-state index contributed by atoms with van der Waals surface area (Å²) in [6.07, 6.45) is 2.35. The van der Waals surface area contributed by atoms with E-state index in [1.165, 1.54) is 31.9 Å². The number of para-hydroxylation sites is 1. The maximum Gasteiger partial charge on any atom is 0.0691 e. The second-order valence-electron chi connectivity index (χ2n) is 4.92. The van der Waals surface area contributed by atoms with Crippen molar-refractivity contribution in [2.45, 2.75) is 0 Å². The number of H-pyrrole nitrogens is 1. The van der Waals surface area contributed by atoms with Crippen LogP contribution in [0.2, 0.25) is 0 Å². The van der Waals surface area contributed by atoms with Gasteiger partial charge in [-0.15, -0.1) is 11.3 Å². The van der Waals surface area contributed by atoms with E-state index >= 15 is 0 Å². The first kappa shape index (κ1) is 11.2. The maximum atomic E-state index is 3.59. The third-order valence-corrected chi connectivity index (χ3v) is 8.65. The van der Waals surface area contributed by atoms with E-state index in [-0.39, 0.29) is 20.7 Å². The predicted molar refractivity (Wildman–Crippen MR) is 94.9 cm³/mol. The number of hydrogen-bond acceptors (Lipinski definition) is 1. The van der Waals surface area contributed by atoms with Gasteiger partial charge in [0.1, 0.15) is 0 Å². The molecule has 2 aromatic heterocycles. The van der Waals surface area contributed by atoms with Gasteiger partial charge in [0.15, 0.2) is 0 Å². The third kappa shape index (κ3) is 1.45. The highest BCUT2D eigenvalue weighted by molar-refractivity contribution is 14.2. The summed E-state index contributed by atoms with van der Waals surface area (Å²) in [5.74, 6) is 0. The lowest BCUT2D eigenvalue weighted by Gasteiger charge is -1.97. The number of aromatic amines is 1. The molecule has 0 amide bonds. The second-order valence-corrected chi connectivity index (χ2v) is 9.40. The van der Waals surface area contributed by atoms with E-state index < -0.39 is 0 Å². The van der Waals surface area contributed by atoms with Gasteiger partial charge in [-0.05, 0) is 18.2 Å². The van der Waals surface area contributed by atoms with Crippen molar-refractivity contribution in [2.75, 3.05) is 0 Å². The van der Waals surface area contributed by atoms with Crippen molar-refractivity contribution < 1.29 is 0 Å². The van der Waals surface area contributed by atoms with Gasteiger partial charge in [0.05, 0.1) is 8.23 Å². The number of hydrogen-bond donors (Lipinski definition) is 1. The van der Waals surface area contributed by atoms with E-state index in [0.717, 1.165) is 0 Å². The number of thiophene rings is 1. The molecule has 0 saturated heterocycles. The molecule has 0 bridgehead atoms. The molecule has 20 heavy (non-hydrogen) atoms. The predicted octanol–water partition coefficient (Wildman–Crippen LogP) is 4.62. The van der Waals surface area contributed by atoms with Crippen LogP contribution in [0.15, 0.2) is 48.5 Å². The second kappa shape index (κ2) is 4.02. The molecule has 1 N–H and O–H groups in total. The minimum atomic E-state index is -0.0815. The van der Waals surface area contributed by atoms with Crippen molar-refractivity contribution in [2.24, 2.45) is 0 Å². The fourth-order valence-electron chi connectivity index (χ4n) is 2.80. The summed E-state index contributed by atoms with van der Waals surface area (Å²) in [5, 5.41) is 4.15. The molecule has 0 atom stereocenters. The molecule has 3 heteroatoms. The van der Waals surface area contributed by atoms with Crippen LogP contribution in [0.1, 0.15) is 5.56 Å². The first-order valence-electron chi connectivity index (χ1n) is 6.52. The topological polar surface area (TPSA) is 15.8 Å². The zero-order valence-electron chi connectivity index (χ0n) is 10.5. The SMILES string of the molecule is C1=c2[nH]c3ccccc3c2=Ic2sc3ccccc3c21. The summed E-state index contributed by atoms with van der Waals surface area (Å²) in [7, 11) is 0. The van der Waals surface area contributed by atoms with Crippen LogP contribution in [0.4, 0.5) is 0 Å². The molecular weight excluding hydrogens is 377 g/mol. The Morgan fingerprint density at radius 3 is 2.65 bits per heavy atom. The Balaban J connectivity index is 1.98. The minimum absolute atomic E-state index is 0.0815. The van der Waals surface area contributed by atoms with Gasteiger partial charge < -0.3 is 4.98 Å². The molecule has 2 aromatic carbocycles. The molecule has 5 rings (SSSR count). The van der Waals surface area contributed by atoms with Crippen molar-refractivity contribution in [3.63, 3.8) is 0 Å². The molecule has 1 aliphatic heterocycles. The van der Waals surface area contributed by atoms with E-state index in [9.17, 15) is 0 Å². The van der Waals surface area contributed by atoms with Crippen LogP contribution in [-0.4, -0.2) is 4.98 Å². The summed E-state index contributed by atoms with van der Waals surface area (Å²) in [4.78, 5) is 3.59. The van der Waals surface area contributed by atoms with Gasteiger partial charge in [-0.2, -0.15) is 0 Å². The Morgan fingerprint density at radius 1 is 0.900 bits per heavy atom. The van der Waals surface area contributed by atoms with Gasteiger partial charge in [-0.3, -0.25) is 0 Å². The fourth-order valence-corrected chi connectivity index (χ4v) is 7.87. The van der Waals surface area contributed by atoms with Crippen LogP contribution < -0.4 is 5.35 Å². The van der Waals surface area contributed by atoms with Crippen molar-refractivity contribution in [1.29, 1.82) is 0 Å². The van der Waals surface area contributed by atoms with E-state index in [1.54, 1.807) is 6.04 Å². The zero-order chi connectivity index (χ0) is 13.1. The lowest BCUT2D eigenvalue weighted by molar-refractivity contribution is 1.37. The largest absolute Gasteiger partial charge is 0.354 e. The van der Waals surface area contributed by atoms with Crippen LogP contribution in [0.25, 0.3) is 27.1 Å². The summed E-state index contributed by atoms with van der Waals surface area (Å²) in [6, 6.07) is 17.4. The number of nitrogens with one attached hydrogen (secondary N) is 1. The van der Waals surface area contributed by atoms with Gasteiger partial charge in [0.25, 0.3) is 0 Å². The van der Waals surface area contributed by atoms with E-state index in [0.29, 0.717) is 0 Å². The van der Waals surface area contributed by atoms with Crippen molar-refractivity contribution in [1.82, 2.24) is 4.98 Å². The first-order chi connectivity index (χ1) is 9.90. The smallest absolute Gasteiger partial charge is 0.0691 e. The van der Waals surface area contributed by atoms with Crippen molar-refractivity contribution in [3.05, 3.63) is 65.5 Å². The quantitative estimate of drug-likeness (QED) is 0.374. The third-order valence-electron chi connectivity index (χ3n) is 3.73. The highest BCUT2D eigenvalue weighted by Gasteiger charge is 2.13. The van der Waals surface area contributed by atoms with E-state index in [4.69, 9.17) is 0 Å². The van der Waals surface area contributed by atoms with Crippen molar-refractivity contribution in [3.8, 4) is 0 Å². The van der Waals surface area contributed by atoms with Crippen LogP contribution in [0, 0.1) is 6.04 Å². The maximum absolute atomic E-state index is 3.59. The molecule has 1 aliphatic rings. The summed E-state index contributed by atoms with van der Waals surface area (Å²) >= 11 is 1.90. The lowest BCUT2D eigenvalue weighted by Crippen LogP contribution is -2.04. The molecule has 96 valence electrons. The lowest BCUT2D eigenvalue weighted by atomic mass is 10.1. The Morgan fingerprint density at radius 2 is 1.70 bits per heavy atom. The number of fused-ring (bicyclic) bond motifs is 6. The van der Waals surface area contributed by atoms with Gasteiger partial charge in [-0.25, -0.2) is 0 Å². The van der Waals surface area contributed by atoms with E-state index in [1.807, 2.05) is 11.3 Å². The number of benzene rings is 2. The molecule has 0 spiro atoms. The molecular formula is C17H10INS. The van der Waals surface area contributed by atoms with Gasteiger partial charge >= 0.3 is 0 Å². The van der Waals surface area contributed by atoms with Gasteiger partial charge in [-0.1, -0.05) is 57.1 Å². The highest BCUT2D eigenvalue weighted by Crippen LogP contribution is 2.38. The Hall–Kier alpha value is -1.46. The number of rotatable bonds is 0. The van der Waals surface area contributed by atoms with Crippen LogP contribution in [-0.2, 0) is 0 Å². The average molecular weight is 387 g/mol. The molecule has 0 saturated carbocycles. The summed E-state index contributed by atoms with van der Waals surface area (Å²) in [5.41, 5.74) is 2.73. The van der Waals surface area contributed by atoms with Crippen molar-refractivity contribution >= 4 is 59.1 Å². The van der Waals surface area contributed by atoms with Crippen LogP contribution in [0.5, 0.6) is 0 Å². The molecule has 3 heterocycles. The highest BCUT2D eigenvalue weighted by atomic mass is 127. The average Bonchev–Trinajstić information content (AvgIpc) is 3.02. The van der Waals surface area contributed by atoms with Gasteiger partial charge in [0, 0.05) is 29.7 Å². The Bertz CT molecular complexity index is 1100. The zero-order valence-corrected chi connectivity index (χ0v) is 13.5. The molecule has 0 unspecified atom stereocenters. The van der Waals surface area contributed by atoms with E-state index in [2.05, 4.69) is 59.6 Å². The molecule has 0 aliphatic carbocycles. The normalized spacial score (nSPS) is 13.2. The molecule has 0 radical (unpaired) electrons. The minimum Gasteiger partial charge on any atom is -0.354 e.